The van der Waals surface area contributed by atoms with Crippen molar-refractivity contribution in [1.29, 1.82) is 10.5 Å². The molecule has 20 heavy (non-hydrogen) atoms. The smallest absolute Gasteiger partial charge is 0.0669 e. The van der Waals surface area contributed by atoms with E-state index < -0.39 is 0 Å². The van der Waals surface area contributed by atoms with Gasteiger partial charge < -0.3 is 0 Å². The predicted molar refractivity (Wildman–Crippen MR) is 79.0 cm³/mol. The van der Waals surface area contributed by atoms with Gasteiger partial charge in [-0.25, -0.2) is 0 Å². The Morgan fingerprint density at radius 1 is 0.750 bits per heavy atom. The molecule has 0 aliphatic rings. The lowest BCUT2D eigenvalue weighted by atomic mass is 9.91. The second-order valence-corrected chi connectivity index (χ2v) is 4.87. The number of hydrogen-bond acceptors (Lipinski definition) is 2. The number of benzene rings is 2. The molecule has 0 amide bonds. The minimum Gasteiger partial charge on any atom is -0.198 e. The zero-order valence-electron chi connectivity index (χ0n) is 11.5. The Balaban J connectivity index is 2.16. The van der Waals surface area contributed by atoms with Crippen LogP contribution in [0.2, 0.25) is 0 Å². The predicted octanol–water partition coefficient (Wildman–Crippen LogP) is 3.97. The molecule has 0 aliphatic carbocycles. The number of nitriles is 2. The molecule has 0 spiro atoms. The summed E-state index contributed by atoms with van der Waals surface area (Å²) in [6, 6.07) is 20.7. The lowest BCUT2D eigenvalue weighted by Crippen LogP contribution is -1.97. The molecule has 0 N–H and O–H groups in total. The molecule has 0 unspecified atom stereocenters. The van der Waals surface area contributed by atoms with Crippen molar-refractivity contribution in [2.24, 2.45) is 0 Å². The number of rotatable bonds is 4. The first-order chi connectivity index (χ1) is 9.74. The largest absolute Gasteiger partial charge is 0.198 e. The second-order valence-electron chi connectivity index (χ2n) is 4.87. The van der Waals surface area contributed by atoms with Crippen molar-refractivity contribution >= 4 is 0 Å². The van der Waals surface area contributed by atoms with Crippen LogP contribution >= 0.6 is 0 Å². The van der Waals surface area contributed by atoms with Crippen molar-refractivity contribution < 1.29 is 0 Å². The Bertz CT molecular complexity index is 580. The van der Waals surface area contributed by atoms with Gasteiger partial charge in [-0.2, -0.15) is 10.5 Å². The van der Waals surface area contributed by atoms with E-state index in [2.05, 4.69) is 43.3 Å². The molecular weight excluding hydrogens is 244 g/mol. The summed E-state index contributed by atoms with van der Waals surface area (Å²) in [6.07, 6.45) is 0.912. The normalized spacial score (nSPS) is 10.0. The fourth-order valence-electron chi connectivity index (χ4n) is 2.22. The summed E-state index contributed by atoms with van der Waals surface area (Å²) < 4.78 is 0. The quantitative estimate of drug-likeness (QED) is 0.835. The van der Waals surface area contributed by atoms with Gasteiger partial charge in [-0.3, -0.25) is 0 Å². The first-order valence-corrected chi connectivity index (χ1v) is 6.66. The van der Waals surface area contributed by atoms with E-state index in [1.54, 1.807) is 0 Å². The van der Waals surface area contributed by atoms with Gasteiger partial charge in [0.05, 0.1) is 25.0 Å². The summed E-state index contributed by atoms with van der Waals surface area (Å²) in [7, 11) is 0. The molecule has 0 heterocycles. The topological polar surface area (TPSA) is 47.6 Å². The molecular formula is C18H16N2. The van der Waals surface area contributed by atoms with Crippen LogP contribution in [0.5, 0.6) is 0 Å². The molecule has 2 aromatic carbocycles. The third-order valence-electron chi connectivity index (χ3n) is 3.53. The van der Waals surface area contributed by atoms with Crippen LogP contribution in [0.4, 0.5) is 0 Å². The van der Waals surface area contributed by atoms with Gasteiger partial charge in [0.15, 0.2) is 0 Å². The zero-order chi connectivity index (χ0) is 14.4. The van der Waals surface area contributed by atoms with E-state index in [9.17, 15) is 0 Å². The monoisotopic (exact) mass is 260 g/mol. The number of nitrogens with zero attached hydrogens (tertiary/aromatic N) is 2. The summed E-state index contributed by atoms with van der Waals surface area (Å²) in [5, 5.41) is 17.3. The third-order valence-corrected chi connectivity index (χ3v) is 3.53. The van der Waals surface area contributed by atoms with Crippen LogP contribution in [0, 0.1) is 22.7 Å². The van der Waals surface area contributed by atoms with Gasteiger partial charge in [0.25, 0.3) is 0 Å². The minimum atomic E-state index is 0.308. The van der Waals surface area contributed by atoms with Gasteiger partial charge in [0.2, 0.25) is 0 Å². The van der Waals surface area contributed by atoms with E-state index >= 15 is 0 Å². The highest BCUT2D eigenvalue weighted by Crippen LogP contribution is 2.24. The zero-order valence-corrected chi connectivity index (χ0v) is 11.5. The standard InChI is InChI=1S/C18H16N2/c1-14(17-6-2-15(3-7-17)10-12-19)18-8-4-16(5-9-18)11-13-20/h2-9,14H,10-11H2,1H3. The molecule has 0 bridgehead atoms. The highest BCUT2D eigenvalue weighted by atomic mass is 14.2. The van der Waals surface area contributed by atoms with Gasteiger partial charge >= 0.3 is 0 Å². The van der Waals surface area contributed by atoms with E-state index in [1.165, 1.54) is 11.1 Å². The van der Waals surface area contributed by atoms with Crippen LogP contribution in [-0.2, 0) is 12.8 Å². The van der Waals surface area contributed by atoms with E-state index in [-0.39, 0.29) is 0 Å². The molecule has 2 nitrogen and oxygen atoms in total. The van der Waals surface area contributed by atoms with Crippen molar-refractivity contribution in [2.45, 2.75) is 25.7 Å². The van der Waals surface area contributed by atoms with Crippen LogP contribution in [-0.4, -0.2) is 0 Å². The highest BCUT2D eigenvalue weighted by molar-refractivity contribution is 5.35. The molecule has 0 fully saturated rings. The number of hydrogen-bond donors (Lipinski definition) is 0. The lowest BCUT2D eigenvalue weighted by Gasteiger charge is -2.13. The summed E-state index contributed by atoms with van der Waals surface area (Å²) in [5.74, 6) is 0.308. The minimum absolute atomic E-state index is 0.308. The SMILES string of the molecule is CC(c1ccc(CC#N)cc1)c1ccc(CC#N)cc1. The molecule has 0 saturated heterocycles. The second kappa shape index (κ2) is 6.55. The molecule has 2 aromatic rings. The summed E-state index contributed by atoms with van der Waals surface area (Å²) in [6.45, 7) is 2.17. The molecule has 0 atom stereocenters. The fourth-order valence-corrected chi connectivity index (χ4v) is 2.22. The van der Waals surface area contributed by atoms with E-state index in [1.807, 2.05) is 24.3 Å². The molecule has 2 heteroatoms. The van der Waals surface area contributed by atoms with Gasteiger partial charge in [0.1, 0.15) is 0 Å². The molecule has 0 saturated carbocycles. The van der Waals surface area contributed by atoms with Crippen molar-refractivity contribution in [3.63, 3.8) is 0 Å². The first-order valence-electron chi connectivity index (χ1n) is 6.66. The maximum absolute atomic E-state index is 8.67. The maximum atomic E-state index is 8.67. The lowest BCUT2D eigenvalue weighted by molar-refractivity contribution is 0.919. The van der Waals surface area contributed by atoms with Crippen LogP contribution in [0.3, 0.4) is 0 Å². The Hall–Kier alpha value is -2.58. The molecule has 0 aromatic heterocycles. The van der Waals surface area contributed by atoms with Gasteiger partial charge in [-0.1, -0.05) is 55.5 Å². The average Bonchev–Trinajstić information content (AvgIpc) is 2.49. The molecule has 0 aliphatic heterocycles. The molecule has 2 rings (SSSR count). The van der Waals surface area contributed by atoms with Crippen molar-refractivity contribution in [3.8, 4) is 12.1 Å². The summed E-state index contributed by atoms with van der Waals surface area (Å²) >= 11 is 0. The third kappa shape index (κ3) is 3.25. The Morgan fingerprint density at radius 3 is 1.40 bits per heavy atom. The molecule has 98 valence electrons. The maximum Gasteiger partial charge on any atom is 0.0669 e. The van der Waals surface area contributed by atoms with Gasteiger partial charge in [0, 0.05) is 5.92 Å². The fraction of sp³-hybridized carbons (Fsp3) is 0.222. The summed E-state index contributed by atoms with van der Waals surface area (Å²) in [5.41, 5.74) is 4.57. The molecule has 0 radical (unpaired) electrons. The Morgan fingerprint density at radius 2 is 1.10 bits per heavy atom. The first kappa shape index (κ1) is 13.8. The van der Waals surface area contributed by atoms with Crippen LogP contribution in [0.15, 0.2) is 48.5 Å². The van der Waals surface area contributed by atoms with E-state index in [0.717, 1.165) is 11.1 Å². The van der Waals surface area contributed by atoms with Crippen LogP contribution < -0.4 is 0 Å². The van der Waals surface area contributed by atoms with Crippen molar-refractivity contribution in [3.05, 3.63) is 70.8 Å². The van der Waals surface area contributed by atoms with Crippen molar-refractivity contribution in [1.82, 2.24) is 0 Å². The highest BCUT2D eigenvalue weighted by Gasteiger charge is 2.08. The van der Waals surface area contributed by atoms with Crippen LogP contribution in [0.1, 0.15) is 35.1 Å². The Kier molecular flexibility index (Phi) is 4.53. The van der Waals surface area contributed by atoms with Crippen LogP contribution in [0.25, 0.3) is 0 Å². The average molecular weight is 260 g/mol. The van der Waals surface area contributed by atoms with Crippen molar-refractivity contribution in [2.75, 3.05) is 0 Å². The van der Waals surface area contributed by atoms with E-state index in [4.69, 9.17) is 10.5 Å². The Labute approximate surface area is 119 Å². The summed E-state index contributed by atoms with van der Waals surface area (Å²) in [4.78, 5) is 0. The van der Waals surface area contributed by atoms with Gasteiger partial charge in [-0.05, 0) is 22.3 Å². The van der Waals surface area contributed by atoms with E-state index in [0.29, 0.717) is 18.8 Å². The van der Waals surface area contributed by atoms with Gasteiger partial charge in [-0.15, -0.1) is 0 Å².